The Hall–Kier alpha value is -3.52. The van der Waals surface area contributed by atoms with E-state index in [2.05, 4.69) is 48.5 Å². The lowest BCUT2D eigenvalue weighted by atomic mass is 9.67. The standard InChI is InChI=1S/C27H24O2/c28-25-15-11-23(12-16-25)27(19-21-7-3-1-4-8-21,20-22-9-5-2-6-10-22)24-13-17-26(29)18-14-24/h1-18,28-29H,19-20H2. The molecule has 0 fully saturated rings. The van der Waals surface area contributed by atoms with Crippen LogP contribution in [0.5, 0.6) is 11.5 Å². The molecule has 0 heterocycles. The summed E-state index contributed by atoms with van der Waals surface area (Å²) in [6.45, 7) is 0. The Morgan fingerprint density at radius 1 is 0.448 bits per heavy atom. The third-order valence-corrected chi connectivity index (χ3v) is 5.54. The Morgan fingerprint density at radius 2 is 0.793 bits per heavy atom. The summed E-state index contributed by atoms with van der Waals surface area (Å²) in [6, 6.07) is 36.0. The zero-order chi connectivity index (χ0) is 20.1. The van der Waals surface area contributed by atoms with Gasteiger partial charge in [-0.2, -0.15) is 0 Å². The average Bonchev–Trinajstić information content (AvgIpc) is 2.76. The van der Waals surface area contributed by atoms with Crippen molar-refractivity contribution in [2.45, 2.75) is 18.3 Å². The summed E-state index contributed by atoms with van der Waals surface area (Å²) in [5.74, 6) is 0.514. The third-order valence-electron chi connectivity index (χ3n) is 5.54. The second-order valence-corrected chi connectivity index (χ2v) is 7.50. The van der Waals surface area contributed by atoms with Crippen molar-refractivity contribution >= 4 is 0 Å². The minimum absolute atomic E-state index is 0.257. The third kappa shape index (κ3) is 4.17. The van der Waals surface area contributed by atoms with Gasteiger partial charge in [0.15, 0.2) is 0 Å². The Kier molecular flexibility index (Phi) is 5.35. The molecule has 0 unspecified atom stereocenters. The second kappa shape index (κ2) is 8.24. The van der Waals surface area contributed by atoms with E-state index in [4.69, 9.17) is 0 Å². The highest BCUT2D eigenvalue weighted by Gasteiger charge is 2.35. The van der Waals surface area contributed by atoms with E-state index in [0.717, 1.165) is 24.0 Å². The molecule has 0 aliphatic carbocycles. The first kappa shape index (κ1) is 18.8. The van der Waals surface area contributed by atoms with Crippen molar-refractivity contribution in [1.29, 1.82) is 0 Å². The number of phenols is 2. The molecule has 0 spiro atoms. The average molecular weight is 380 g/mol. The van der Waals surface area contributed by atoms with E-state index in [0.29, 0.717) is 0 Å². The van der Waals surface area contributed by atoms with E-state index >= 15 is 0 Å². The fourth-order valence-corrected chi connectivity index (χ4v) is 4.09. The van der Waals surface area contributed by atoms with Crippen LogP contribution in [0.15, 0.2) is 109 Å². The van der Waals surface area contributed by atoms with Gasteiger partial charge in [-0.25, -0.2) is 0 Å². The molecule has 29 heavy (non-hydrogen) atoms. The van der Waals surface area contributed by atoms with Gasteiger partial charge in [0.1, 0.15) is 11.5 Å². The first-order valence-electron chi connectivity index (χ1n) is 9.83. The summed E-state index contributed by atoms with van der Waals surface area (Å²) in [5, 5.41) is 19.8. The number of hydrogen-bond donors (Lipinski definition) is 2. The Bertz CT molecular complexity index is 948. The smallest absolute Gasteiger partial charge is 0.115 e. The summed E-state index contributed by atoms with van der Waals surface area (Å²) >= 11 is 0. The van der Waals surface area contributed by atoms with Crippen molar-refractivity contribution in [3.63, 3.8) is 0 Å². The number of rotatable bonds is 6. The monoisotopic (exact) mass is 380 g/mol. The number of aromatic hydroxyl groups is 2. The SMILES string of the molecule is Oc1ccc(C(Cc2ccccc2)(Cc2ccccc2)c2ccc(O)cc2)cc1. The van der Waals surface area contributed by atoms with Crippen LogP contribution in [0.2, 0.25) is 0 Å². The lowest BCUT2D eigenvalue weighted by Gasteiger charge is -2.36. The maximum absolute atomic E-state index is 9.88. The molecule has 0 aliphatic heterocycles. The summed E-state index contributed by atoms with van der Waals surface area (Å²) in [6.07, 6.45) is 1.61. The van der Waals surface area contributed by atoms with Crippen molar-refractivity contribution in [2.24, 2.45) is 0 Å². The second-order valence-electron chi connectivity index (χ2n) is 7.50. The molecule has 0 atom stereocenters. The summed E-state index contributed by atoms with van der Waals surface area (Å²) in [7, 11) is 0. The molecule has 0 aromatic heterocycles. The van der Waals surface area contributed by atoms with Crippen LogP contribution in [0.1, 0.15) is 22.3 Å². The Labute approximate surface area is 171 Å². The van der Waals surface area contributed by atoms with Gasteiger partial charge in [0.25, 0.3) is 0 Å². The number of phenolic OH excluding ortho intramolecular Hbond substituents is 2. The highest BCUT2D eigenvalue weighted by Crippen LogP contribution is 2.40. The fraction of sp³-hybridized carbons (Fsp3) is 0.111. The number of hydrogen-bond acceptors (Lipinski definition) is 2. The molecule has 4 aromatic rings. The summed E-state index contributed by atoms with van der Waals surface area (Å²) in [5.41, 5.74) is 4.40. The molecule has 0 saturated carbocycles. The lowest BCUT2D eigenvalue weighted by Crippen LogP contribution is -2.33. The normalized spacial score (nSPS) is 11.3. The van der Waals surface area contributed by atoms with Crippen LogP contribution < -0.4 is 0 Å². The van der Waals surface area contributed by atoms with Crippen molar-refractivity contribution in [3.05, 3.63) is 131 Å². The molecule has 2 heteroatoms. The van der Waals surface area contributed by atoms with Gasteiger partial charge in [-0.05, 0) is 59.4 Å². The van der Waals surface area contributed by atoms with Gasteiger partial charge in [0.2, 0.25) is 0 Å². The van der Waals surface area contributed by atoms with Gasteiger partial charge in [0, 0.05) is 5.41 Å². The largest absolute Gasteiger partial charge is 0.508 e. The molecule has 0 bridgehead atoms. The van der Waals surface area contributed by atoms with Crippen molar-refractivity contribution < 1.29 is 10.2 Å². The molecule has 0 saturated heterocycles. The van der Waals surface area contributed by atoms with E-state index in [9.17, 15) is 10.2 Å². The summed E-state index contributed by atoms with van der Waals surface area (Å²) in [4.78, 5) is 0. The van der Waals surface area contributed by atoms with E-state index in [1.807, 2.05) is 36.4 Å². The molecule has 0 amide bonds. The van der Waals surface area contributed by atoms with Crippen molar-refractivity contribution in [1.82, 2.24) is 0 Å². The molecule has 0 radical (unpaired) electrons. The van der Waals surface area contributed by atoms with Crippen LogP contribution in [-0.4, -0.2) is 10.2 Å². The zero-order valence-corrected chi connectivity index (χ0v) is 16.2. The molecular weight excluding hydrogens is 356 g/mol. The molecule has 0 aliphatic rings. The number of benzene rings is 4. The Balaban J connectivity index is 1.92. The van der Waals surface area contributed by atoms with Gasteiger partial charge in [-0.15, -0.1) is 0 Å². The molecule has 2 nitrogen and oxygen atoms in total. The Morgan fingerprint density at radius 3 is 1.14 bits per heavy atom. The zero-order valence-electron chi connectivity index (χ0n) is 16.2. The van der Waals surface area contributed by atoms with E-state index in [1.165, 1.54) is 11.1 Å². The fourth-order valence-electron chi connectivity index (χ4n) is 4.09. The highest BCUT2D eigenvalue weighted by atomic mass is 16.3. The molecule has 2 N–H and O–H groups in total. The van der Waals surface area contributed by atoms with Crippen LogP contribution in [0, 0.1) is 0 Å². The van der Waals surface area contributed by atoms with E-state index < -0.39 is 0 Å². The van der Waals surface area contributed by atoms with Gasteiger partial charge in [-0.3, -0.25) is 0 Å². The molecule has 4 aromatic carbocycles. The van der Waals surface area contributed by atoms with Crippen LogP contribution in [0.4, 0.5) is 0 Å². The maximum Gasteiger partial charge on any atom is 0.115 e. The highest BCUT2D eigenvalue weighted by molar-refractivity contribution is 5.46. The maximum atomic E-state index is 9.88. The van der Waals surface area contributed by atoms with Crippen LogP contribution >= 0.6 is 0 Å². The summed E-state index contributed by atoms with van der Waals surface area (Å²) < 4.78 is 0. The quantitative estimate of drug-likeness (QED) is 0.439. The van der Waals surface area contributed by atoms with Gasteiger partial charge in [-0.1, -0.05) is 84.9 Å². The topological polar surface area (TPSA) is 40.5 Å². The van der Waals surface area contributed by atoms with Gasteiger partial charge >= 0.3 is 0 Å². The van der Waals surface area contributed by atoms with Crippen LogP contribution in [0.3, 0.4) is 0 Å². The first-order chi connectivity index (χ1) is 14.2. The lowest BCUT2D eigenvalue weighted by molar-refractivity contribution is 0.469. The van der Waals surface area contributed by atoms with Gasteiger partial charge < -0.3 is 10.2 Å². The van der Waals surface area contributed by atoms with Crippen LogP contribution in [0.25, 0.3) is 0 Å². The molecular formula is C27H24O2. The minimum atomic E-state index is -0.343. The molecule has 4 rings (SSSR count). The van der Waals surface area contributed by atoms with E-state index in [-0.39, 0.29) is 16.9 Å². The minimum Gasteiger partial charge on any atom is -0.508 e. The van der Waals surface area contributed by atoms with Crippen molar-refractivity contribution in [2.75, 3.05) is 0 Å². The molecule has 144 valence electrons. The predicted octanol–water partition coefficient (Wildman–Crippen LogP) is 5.87. The van der Waals surface area contributed by atoms with Crippen LogP contribution in [-0.2, 0) is 18.3 Å². The predicted molar refractivity (Wildman–Crippen MR) is 117 cm³/mol. The van der Waals surface area contributed by atoms with Crippen molar-refractivity contribution in [3.8, 4) is 11.5 Å². The van der Waals surface area contributed by atoms with Gasteiger partial charge in [0.05, 0.1) is 0 Å². The van der Waals surface area contributed by atoms with E-state index in [1.54, 1.807) is 24.3 Å². The first-order valence-corrected chi connectivity index (χ1v) is 9.83.